The van der Waals surface area contributed by atoms with Crippen molar-refractivity contribution in [3.63, 3.8) is 0 Å². The van der Waals surface area contributed by atoms with Crippen molar-refractivity contribution in [1.82, 2.24) is 20.2 Å². The van der Waals surface area contributed by atoms with Gasteiger partial charge in [-0.2, -0.15) is 0 Å². The summed E-state index contributed by atoms with van der Waals surface area (Å²) in [4.78, 5) is 33.7. The minimum atomic E-state index is -0.299. The maximum absolute atomic E-state index is 12.8. The van der Waals surface area contributed by atoms with Gasteiger partial charge in [0.05, 0.1) is 42.5 Å². The molecule has 0 aliphatic carbocycles. The van der Waals surface area contributed by atoms with Crippen LogP contribution in [0.2, 0.25) is 0 Å². The van der Waals surface area contributed by atoms with Crippen molar-refractivity contribution >= 4 is 22.8 Å². The van der Waals surface area contributed by atoms with Gasteiger partial charge in [0.1, 0.15) is 0 Å². The summed E-state index contributed by atoms with van der Waals surface area (Å²) in [7, 11) is 0. The highest BCUT2D eigenvalue weighted by Gasteiger charge is 2.35. The lowest BCUT2D eigenvalue weighted by atomic mass is 10.1. The van der Waals surface area contributed by atoms with E-state index in [1.54, 1.807) is 23.4 Å². The SMILES string of the molecule is O=C1N[C@@H]2COC[C@H]1CN(C(=O)c1ccc3nc[nH]c3c1)C2. The molecule has 2 atom stereocenters. The molecule has 114 valence electrons. The van der Waals surface area contributed by atoms with E-state index in [2.05, 4.69) is 15.3 Å². The number of ether oxygens (including phenoxy) is 1. The van der Waals surface area contributed by atoms with Gasteiger partial charge in [0.25, 0.3) is 5.91 Å². The molecular formula is C15H16N4O3. The second-order valence-corrected chi connectivity index (χ2v) is 5.78. The highest BCUT2D eigenvalue weighted by molar-refractivity contribution is 5.97. The normalized spacial score (nSPS) is 24.9. The second kappa shape index (κ2) is 5.10. The fourth-order valence-corrected chi connectivity index (χ4v) is 3.05. The monoisotopic (exact) mass is 300 g/mol. The molecule has 2 fully saturated rings. The number of nitrogens with zero attached hydrogens (tertiary/aromatic N) is 2. The first-order valence-corrected chi connectivity index (χ1v) is 7.31. The first-order valence-electron chi connectivity index (χ1n) is 7.31. The molecule has 4 rings (SSSR count). The van der Waals surface area contributed by atoms with E-state index < -0.39 is 0 Å². The Morgan fingerprint density at radius 2 is 2.23 bits per heavy atom. The Kier molecular flexibility index (Phi) is 3.07. The Morgan fingerprint density at radius 3 is 3.14 bits per heavy atom. The molecule has 1 aromatic carbocycles. The van der Waals surface area contributed by atoms with Crippen LogP contribution in [0.5, 0.6) is 0 Å². The fraction of sp³-hybridized carbons (Fsp3) is 0.400. The van der Waals surface area contributed by atoms with Crippen LogP contribution in [0, 0.1) is 5.92 Å². The van der Waals surface area contributed by atoms with Crippen molar-refractivity contribution in [2.75, 3.05) is 26.3 Å². The molecule has 7 nitrogen and oxygen atoms in total. The molecule has 0 radical (unpaired) electrons. The number of rotatable bonds is 1. The number of carbonyl (C=O) groups excluding carboxylic acids is 2. The molecule has 3 heterocycles. The fourth-order valence-electron chi connectivity index (χ4n) is 3.05. The largest absolute Gasteiger partial charge is 0.378 e. The zero-order valence-corrected chi connectivity index (χ0v) is 11.9. The van der Waals surface area contributed by atoms with Crippen molar-refractivity contribution in [1.29, 1.82) is 0 Å². The number of benzene rings is 1. The van der Waals surface area contributed by atoms with Crippen LogP contribution < -0.4 is 5.32 Å². The highest BCUT2D eigenvalue weighted by atomic mass is 16.5. The van der Waals surface area contributed by atoms with E-state index in [0.717, 1.165) is 11.0 Å². The zero-order chi connectivity index (χ0) is 15.1. The van der Waals surface area contributed by atoms with Gasteiger partial charge in [0.15, 0.2) is 0 Å². The van der Waals surface area contributed by atoms with E-state index in [0.29, 0.717) is 31.9 Å². The van der Waals surface area contributed by atoms with E-state index in [-0.39, 0.29) is 23.8 Å². The predicted octanol–water partition coefficient (Wildman–Crippen LogP) is 0.150. The average molecular weight is 300 g/mol. The molecule has 2 bridgehead atoms. The minimum absolute atomic E-state index is 0.0261. The summed E-state index contributed by atoms with van der Waals surface area (Å²) in [6, 6.07) is 5.26. The van der Waals surface area contributed by atoms with Crippen LogP contribution in [0.15, 0.2) is 24.5 Å². The van der Waals surface area contributed by atoms with E-state index in [4.69, 9.17) is 4.74 Å². The number of carbonyl (C=O) groups is 2. The summed E-state index contributed by atoms with van der Waals surface area (Å²) < 4.78 is 5.48. The standard InChI is InChI=1S/C15H16N4O3/c20-14-10-4-19(5-11(18-14)7-22-6-10)15(21)9-1-2-12-13(3-9)17-8-16-12/h1-3,8,10-11H,4-7H2,(H,16,17)(H,18,20)/t10-,11+/m1/s1. The second-order valence-electron chi connectivity index (χ2n) is 5.78. The molecule has 2 aliphatic heterocycles. The Balaban J connectivity index is 1.62. The molecule has 2 N–H and O–H groups in total. The smallest absolute Gasteiger partial charge is 0.254 e. The zero-order valence-electron chi connectivity index (χ0n) is 11.9. The van der Waals surface area contributed by atoms with Crippen LogP contribution in [-0.2, 0) is 9.53 Å². The number of amides is 2. The summed E-state index contributed by atoms with van der Waals surface area (Å²) in [5.41, 5.74) is 2.26. The number of hydrogen-bond donors (Lipinski definition) is 2. The first kappa shape index (κ1) is 13.3. The predicted molar refractivity (Wildman–Crippen MR) is 78.2 cm³/mol. The van der Waals surface area contributed by atoms with Crippen molar-refractivity contribution < 1.29 is 14.3 Å². The Hall–Kier alpha value is -2.41. The van der Waals surface area contributed by atoms with Gasteiger partial charge in [-0.3, -0.25) is 9.59 Å². The summed E-state index contributed by atoms with van der Waals surface area (Å²) in [5.74, 6) is -0.390. The number of fused-ring (bicyclic) bond motifs is 4. The van der Waals surface area contributed by atoms with Gasteiger partial charge >= 0.3 is 0 Å². The van der Waals surface area contributed by atoms with Gasteiger partial charge in [-0.15, -0.1) is 0 Å². The lowest BCUT2D eigenvalue weighted by Crippen LogP contribution is -2.44. The molecule has 0 spiro atoms. The van der Waals surface area contributed by atoms with Gasteiger partial charge in [-0.25, -0.2) is 4.98 Å². The summed E-state index contributed by atoms with van der Waals surface area (Å²) >= 11 is 0. The lowest BCUT2D eigenvalue weighted by Gasteiger charge is -2.27. The Morgan fingerprint density at radius 1 is 1.32 bits per heavy atom. The number of aromatic nitrogens is 2. The number of hydrogen-bond acceptors (Lipinski definition) is 4. The molecular weight excluding hydrogens is 284 g/mol. The minimum Gasteiger partial charge on any atom is -0.378 e. The third kappa shape index (κ3) is 2.23. The van der Waals surface area contributed by atoms with Crippen molar-refractivity contribution in [2.45, 2.75) is 6.04 Å². The van der Waals surface area contributed by atoms with E-state index >= 15 is 0 Å². The molecule has 2 aliphatic rings. The van der Waals surface area contributed by atoms with E-state index in [9.17, 15) is 9.59 Å². The van der Waals surface area contributed by atoms with Gasteiger partial charge < -0.3 is 19.9 Å². The number of aromatic amines is 1. The number of H-pyrrole nitrogens is 1. The lowest BCUT2D eigenvalue weighted by molar-refractivity contribution is -0.125. The van der Waals surface area contributed by atoms with Crippen molar-refractivity contribution in [3.05, 3.63) is 30.1 Å². The van der Waals surface area contributed by atoms with Crippen LogP contribution >= 0.6 is 0 Å². The molecule has 0 unspecified atom stereocenters. The molecule has 2 aromatic rings. The summed E-state index contributed by atoms with van der Waals surface area (Å²) in [6.45, 7) is 1.68. The maximum atomic E-state index is 12.8. The van der Waals surface area contributed by atoms with Crippen LogP contribution in [-0.4, -0.2) is 59.0 Å². The average Bonchev–Trinajstić information content (AvgIpc) is 2.82. The van der Waals surface area contributed by atoms with Crippen molar-refractivity contribution in [2.24, 2.45) is 5.92 Å². The third-order valence-electron chi connectivity index (χ3n) is 4.19. The van der Waals surface area contributed by atoms with E-state index in [1.807, 2.05) is 6.07 Å². The number of imidazole rings is 1. The Labute approximate surface area is 126 Å². The molecule has 1 aromatic heterocycles. The number of nitrogens with one attached hydrogen (secondary N) is 2. The van der Waals surface area contributed by atoms with Gasteiger partial charge in [0, 0.05) is 18.7 Å². The summed E-state index contributed by atoms with van der Waals surface area (Å²) in [5, 5.41) is 2.93. The quantitative estimate of drug-likeness (QED) is 0.785. The molecule has 0 saturated carbocycles. The third-order valence-corrected chi connectivity index (χ3v) is 4.19. The van der Waals surface area contributed by atoms with Crippen LogP contribution in [0.4, 0.5) is 0 Å². The Bertz CT molecular complexity index is 741. The molecule has 22 heavy (non-hydrogen) atoms. The van der Waals surface area contributed by atoms with Gasteiger partial charge in [-0.1, -0.05) is 0 Å². The van der Waals surface area contributed by atoms with E-state index in [1.165, 1.54) is 0 Å². The highest BCUT2D eigenvalue weighted by Crippen LogP contribution is 2.18. The molecule has 2 saturated heterocycles. The van der Waals surface area contributed by atoms with Crippen LogP contribution in [0.3, 0.4) is 0 Å². The van der Waals surface area contributed by atoms with Crippen molar-refractivity contribution in [3.8, 4) is 0 Å². The van der Waals surface area contributed by atoms with Gasteiger partial charge in [0.2, 0.25) is 5.91 Å². The topological polar surface area (TPSA) is 87.3 Å². The first-order chi connectivity index (χ1) is 10.7. The molecule has 7 heteroatoms. The van der Waals surface area contributed by atoms with Crippen LogP contribution in [0.25, 0.3) is 11.0 Å². The van der Waals surface area contributed by atoms with Gasteiger partial charge in [-0.05, 0) is 18.2 Å². The summed E-state index contributed by atoms with van der Waals surface area (Å²) in [6.07, 6.45) is 1.61. The maximum Gasteiger partial charge on any atom is 0.254 e. The van der Waals surface area contributed by atoms with Crippen LogP contribution in [0.1, 0.15) is 10.4 Å². The molecule has 2 amide bonds.